The Morgan fingerprint density at radius 2 is 1.97 bits per heavy atom. The Kier molecular flexibility index (Phi) is 8.02. The van der Waals surface area contributed by atoms with Crippen molar-refractivity contribution in [1.82, 2.24) is 24.6 Å². The van der Waals surface area contributed by atoms with Gasteiger partial charge in [-0.2, -0.15) is 5.09 Å². The van der Waals surface area contributed by atoms with E-state index in [1.807, 2.05) is 0 Å². The van der Waals surface area contributed by atoms with Gasteiger partial charge in [-0.1, -0.05) is 18.2 Å². The van der Waals surface area contributed by atoms with E-state index in [9.17, 15) is 19.6 Å². The number of rotatable bonds is 10. The standard InChI is InChI=1S/C23H31N6O8P/c1-13(2)35-21(31)14(3)28-38(33,37-15-8-6-5-7-9-15)34-10-16-18(30)23(4,32)22(36-16)29-12-27-17-19(24)25-11-26-20(17)29/h5-9,11-14,16,18,22,30,32H,10H2,1-4H3,(H,28,33)(H2,24,25,26)/t14-,16+,18+,22+,23+,38?/m0/s1. The van der Waals surface area contributed by atoms with Crippen molar-refractivity contribution in [2.45, 2.75) is 63.9 Å². The fourth-order valence-electron chi connectivity index (χ4n) is 3.93. The minimum Gasteiger partial charge on any atom is -0.462 e. The zero-order valence-corrected chi connectivity index (χ0v) is 22.2. The summed E-state index contributed by atoms with van der Waals surface area (Å²) >= 11 is 0. The molecule has 3 heterocycles. The van der Waals surface area contributed by atoms with Crippen LogP contribution in [0.3, 0.4) is 0 Å². The largest absolute Gasteiger partial charge is 0.462 e. The Bertz CT molecular complexity index is 1320. The van der Waals surface area contributed by atoms with E-state index in [4.69, 9.17) is 24.3 Å². The van der Waals surface area contributed by atoms with Gasteiger partial charge in [0.1, 0.15) is 41.4 Å². The number of aromatic nitrogens is 4. The van der Waals surface area contributed by atoms with Crippen LogP contribution in [-0.2, 0) is 23.4 Å². The summed E-state index contributed by atoms with van der Waals surface area (Å²) in [6.07, 6.45) is -1.56. The maximum absolute atomic E-state index is 13.7. The summed E-state index contributed by atoms with van der Waals surface area (Å²) in [6, 6.07) is 7.17. The summed E-state index contributed by atoms with van der Waals surface area (Å²) in [5.41, 5.74) is 4.61. The van der Waals surface area contributed by atoms with Gasteiger partial charge in [0, 0.05) is 0 Å². The molecule has 1 aromatic carbocycles. The highest BCUT2D eigenvalue weighted by Crippen LogP contribution is 2.47. The molecule has 38 heavy (non-hydrogen) atoms. The number of aliphatic hydroxyl groups is 2. The number of benzene rings is 1. The summed E-state index contributed by atoms with van der Waals surface area (Å²) in [5.74, 6) is -0.302. The van der Waals surface area contributed by atoms with Gasteiger partial charge in [0.2, 0.25) is 0 Å². The second-order valence-electron chi connectivity index (χ2n) is 9.31. The zero-order chi connectivity index (χ0) is 27.7. The predicted octanol–water partition coefficient (Wildman–Crippen LogP) is 1.55. The van der Waals surface area contributed by atoms with Crippen LogP contribution in [0.1, 0.15) is 33.9 Å². The molecule has 3 aromatic rings. The third-order valence-corrected chi connectivity index (χ3v) is 7.47. The minimum atomic E-state index is -4.22. The van der Waals surface area contributed by atoms with E-state index in [2.05, 4.69) is 20.0 Å². The lowest BCUT2D eigenvalue weighted by Gasteiger charge is -2.27. The summed E-state index contributed by atoms with van der Waals surface area (Å²) in [6.45, 7) is 5.73. The molecule has 14 nitrogen and oxygen atoms in total. The van der Waals surface area contributed by atoms with Crippen molar-refractivity contribution in [2.24, 2.45) is 0 Å². The van der Waals surface area contributed by atoms with Gasteiger partial charge in [0.05, 0.1) is 19.0 Å². The molecule has 0 spiro atoms. The lowest BCUT2D eigenvalue weighted by atomic mass is 9.96. The number of nitrogen functional groups attached to an aromatic ring is 1. The number of nitrogens with one attached hydrogen (secondary N) is 1. The highest BCUT2D eigenvalue weighted by atomic mass is 31.2. The van der Waals surface area contributed by atoms with Crippen LogP contribution in [0.4, 0.5) is 5.82 Å². The molecule has 15 heteroatoms. The SMILES string of the molecule is CC(C)OC(=O)[C@H](C)NP(=O)(OC[C@H]1O[C@@H](n2cnc3c(N)ncnc32)[C@](C)(O)[C@@H]1O)Oc1ccccc1. The second-order valence-corrected chi connectivity index (χ2v) is 11.0. The highest BCUT2D eigenvalue weighted by molar-refractivity contribution is 7.52. The normalized spacial score (nSPS) is 25.8. The van der Waals surface area contributed by atoms with Crippen LogP contribution >= 0.6 is 7.75 Å². The number of ether oxygens (including phenoxy) is 2. The molecule has 1 aliphatic heterocycles. The van der Waals surface area contributed by atoms with Crippen molar-refractivity contribution >= 4 is 30.7 Å². The number of carbonyl (C=O) groups is 1. The first-order chi connectivity index (χ1) is 17.9. The molecule has 0 bridgehead atoms. The number of carbonyl (C=O) groups excluding carboxylic acids is 1. The Morgan fingerprint density at radius 1 is 1.26 bits per heavy atom. The first-order valence-corrected chi connectivity index (χ1v) is 13.4. The van der Waals surface area contributed by atoms with Crippen LogP contribution in [0.2, 0.25) is 0 Å². The molecular weight excluding hydrogens is 519 g/mol. The highest BCUT2D eigenvalue weighted by Gasteiger charge is 2.54. The fourth-order valence-corrected chi connectivity index (χ4v) is 5.43. The number of imidazole rings is 1. The fraction of sp³-hybridized carbons (Fsp3) is 0.478. The molecular formula is C23H31N6O8P. The third kappa shape index (κ3) is 5.80. The smallest absolute Gasteiger partial charge is 0.459 e. The van der Waals surface area contributed by atoms with Crippen LogP contribution in [-0.4, -0.2) is 72.3 Å². The van der Waals surface area contributed by atoms with Gasteiger partial charge in [0.15, 0.2) is 17.7 Å². The summed E-state index contributed by atoms with van der Waals surface area (Å²) in [4.78, 5) is 24.6. The average Bonchev–Trinajstić information content (AvgIpc) is 3.37. The first-order valence-electron chi connectivity index (χ1n) is 11.9. The van der Waals surface area contributed by atoms with E-state index in [0.717, 1.165) is 0 Å². The molecule has 0 aliphatic carbocycles. The minimum absolute atomic E-state index is 0.141. The van der Waals surface area contributed by atoms with Gasteiger partial charge >= 0.3 is 13.7 Å². The molecule has 5 N–H and O–H groups in total. The van der Waals surface area contributed by atoms with E-state index >= 15 is 0 Å². The van der Waals surface area contributed by atoms with Crippen LogP contribution in [0, 0.1) is 0 Å². The topological polar surface area (TPSA) is 193 Å². The number of aliphatic hydroxyl groups excluding tert-OH is 1. The van der Waals surface area contributed by atoms with E-state index < -0.39 is 50.4 Å². The van der Waals surface area contributed by atoms with Crippen LogP contribution in [0.15, 0.2) is 43.0 Å². The molecule has 0 saturated carbocycles. The third-order valence-electron chi connectivity index (χ3n) is 5.83. The van der Waals surface area contributed by atoms with Gasteiger partial charge in [-0.05, 0) is 39.8 Å². The lowest BCUT2D eigenvalue weighted by Crippen LogP contribution is -2.44. The molecule has 206 valence electrons. The number of nitrogens with two attached hydrogens (primary N) is 1. The quantitative estimate of drug-likeness (QED) is 0.210. The number of esters is 1. The number of anilines is 1. The zero-order valence-electron chi connectivity index (χ0n) is 21.3. The van der Waals surface area contributed by atoms with Crippen LogP contribution in [0.25, 0.3) is 11.2 Å². The molecule has 1 unspecified atom stereocenters. The first kappa shape index (κ1) is 27.9. The van der Waals surface area contributed by atoms with Crippen molar-refractivity contribution < 1.29 is 38.1 Å². The van der Waals surface area contributed by atoms with Gasteiger partial charge in [-0.25, -0.2) is 19.5 Å². The van der Waals surface area contributed by atoms with Gasteiger partial charge in [-0.15, -0.1) is 0 Å². The van der Waals surface area contributed by atoms with Crippen LogP contribution in [0.5, 0.6) is 5.75 Å². The van der Waals surface area contributed by atoms with E-state index in [-0.39, 0.29) is 23.3 Å². The Hall–Kier alpha value is -3.13. The van der Waals surface area contributed by atoms with E-state index in [1.54, 1.807) is 44.2 Å². The Labute approximate surface area is 218 Å². The molecule has 4 rings (SSSR count). The summed E-state index contributed by atoms with van der Waals surface area (Å²) in [7, 11) is -4.22. The van der Waals surface area contributed by atoms with Gasteiger partial charge in [0.25, 0.3) is 0 Å². The number of fused-ring (bicyclic) bond motifs is 1. The van der Waals surface area contributed by atoms with Gasteiger partial charge < -0.3 is 29.9 Å². The monoisotopic (exact) mass is 550 g/mol. The lowest BCUT2D eigenvalue weighted by molar-refractivity contribution is -0.149. The van der Waals surface area contributed by atoms with E-state index in [1.165, 1.54) is 31.1 Å². The molecule has 6 atom stereocenters. The molecule has 0 radical (unpaired) electrons. The number of hydrogen-bond donors (Lipinski definition) is 4. The summed E-state index contributed by atoms with van der Waals surface area (Å²) in [5, 5.41) is 24.6. The average molecular weight is 551 g/mol. The predicted molar refractivity (Wildman–Crippen MR) is 135 cm³/mol. The molecule has 0 amide bonds. The van der Waals surface area contributed by atoms with E-state index in [0.29, 0.717) is 5.52 Å². The second kappa shape index (κ2) is 10.9. The van der Waals surface area contributed by atoms with Crippen LogP contribution < -0.4 is 15.3 Å². The number of para-hydroxylation sites is 1. The number of nitrogens with zero attached hydrogens (tertiary/aromatic N) is 4. The van der Waals surface area contributed by atoms with Crippen molar-refractivity contribution in [3.8, 4) is 5.75 Å². The Balaban J connectivity index is 1.54. The van der Waals surface area contributed by atoms with Gasteiger partial charge in [-0.3, -0.25) is 13.9 Å². The maximum Gasteiger partial charge on any atom is 0.459 e. The van der Waals surface area contributed by atoms with Crippen molar-refractivity contribution in [1.29, 1.82) is 0 Å². The van der Waals surface area contributed by atoms with Crippen molar-refractivity contribution in [2.75, 3.05) is 12.3 Å². The summed E-state index contributed by atoms with van der Waals surface area (Å²) < 4.78 is 37.5. The Morgan fingerprint density at radius 3 is 2.66 bits per heavy atom. The van der Waals surface area contributed by atoms with Crippen molar-refractivity contribution in [3.63, 3.8) is 0 Å². The maximum atomic E-state index is 13.7. The molecule has 2 aromatic heterocycles. The number of hydrogen-bond acceptors (Lipinski definition) is 12. The molecule has 1 saturated heterocycles. The van der Waals surface area contributed by atoms with Crippen molar-refractivity contribution in [3.05, 3.63) is 43.0 Å². The molecule has 1 aliphatic rings. The molecule has 1 fully saturated rings.